The number of anilines is 1. The van der Waals surface area contributed by atoms with Crippen molar-refractivity contribution in [2.24, 2.45) is 0 Å². The molecule has 0 bridgehead atoms. The van der Waals surface area contributed by atoms with Crippen LogP contribution in [0.3, 0.4) is 0 Å². The molecule has 3 amide bonds. The molecule has 1 heterocycles. The van der Waals surface area contributed by atoms with Gasteiger partial charge in [0.25, 0.3) is 5.91 Å². The molecule has 0 aliphatic rings. The van der Waals surface area contributed by atoms with Crippen LogP contribution in [0.1, 0.15) is 21.6 Å². The monoisotopic (exact) mass is 315 g/mol. The number of rotatable bonds is 4. The summed E-state index contributed by atoms with van der Waals surface area (Å²) < 4.78 is 4.77. The van der Waals surface area contributed by atoms with E-state index >= 15 is 0 Å². The van der Waals surface area contributed by atoms with Gasteiger partial charge in [-0.1, -0.05) is 6.07 Å². The van der Waals surface area contributed by atoms with Gasteiger partial charge in [-0.3, -0.25) is 10.1 Å². The van der Waals surface area contributed by atoms with Gasteiger partial charge in [-0.2, -0.15) is 0 Å². The molecule has 23 heavy (non-hydrogen) atoms. The van der Waals surface area contributed by atoms with Crippen LogP contribution in [0.25, 0.3) is 0 Å². The lowest BCUT2D eigenvalue weighted by Crippen LogP contribution is -2.37. The number of carbonyl (C=O) groups excluding carboxylic acids is 3. The molecule has 0 saturated heterocycles. The molecule has 0 aliphatic heterocycles. The van der Waals surface area contributed by atoms with Crippen LogP contribution in [0.2, 0.25) is 0 Å². The summed E-state index contributed by atoms with van der Waals surface area (Å²) >= 11 is 0. The SMILES string of the molecule is Cc1ccc(NC(=O)NC(=O)COC(=O)c2ccc[nH]2)cc1C. The van der Waals surface area contributed by atoms with E-state index in [-0.39, 0.29) is 5.69 Å². The number of aromatic amines is 1. The van der Waals surface area contributed by atoms with Crippen molar-refractivity contribution < 1.29 is 19.1 Å². The molecular weight excluding hydrogens is 298 g/mol. The van der Waals surface area contributed by atoms with Crippen LogP contribution < -0.4 is 10.6 Å². The zero-order valence-electron chi connectivity index (χ0n) is 12.8. The summed E-state index contributed by atoms with van der Waals surface area (Å²) in [6, 6.07) is 7.86. The highest BCUT2D eigenvalue weighted by molar-refractivity contribution is 6.02. The van der Waals surface area contributed by atoms with Crippen molar-refractivity contribution in [3.8, 4) is 0 Å². The topological polar surface area (TPSA) is 100 Å². The summed E-state index contributed by atoms with van der Waals surface area (Å²) in [6.07, 6.45) is 1.56. The number of hydrogen-bond acceptors (Lipinski definition) is 4. The van der Waals surface area contributed by atoms with E-state index in [0.717, 1.165) is 11.1 Å². The van der Waals surface area contributed by atoms with E-state index in [9.17, 15) is 14.4 Å². The van der Waals surface area contributed by atoms with Gasteiger partial charge in [0.05, 0.1) is 0 Å². The second-order valence-electron chi connectivity index (χ2n) is 4.96. The van der Waals surface area contributed by atoms with Gasteiger partial charge in [0, 0.05) is 11.9 Å². The Morgan fingerprint density at radius 2 is 1.91 bits per heavy atom. The number of carbonyl (C=O) groups is 3. The molecular formula is C16H17N3O4. The van der Waals surface area contributed by atoms with Gasteiger partial charge in [0.15, 0.2) is 6.61 Å². The number of aromatic nitrogens is 1. The number of ether oxygens (including phenoxy) is 1. The number of hydrogen-bond donors (Lipinski definition) is 3. The highest BCUT2D eigenvalue weighted by Crippen LogP contribution is 2.13. The van der Waals surface area contributed by atoms with Crippen LogP contribution in [0.5, 0.6) is 0 Å². The maximum Gasteiger partial charge on any atom is 0.355 e. The molecule has 0 spiro atoms. The molecule has 1 aromatic carbocycles. The average molecular weight is 315 g/mol. The minimum absolute atomic E-state index is 0.234. The van der Waals surface area contributed by atoms with Crippen molar-refractivity contribution in [3.05, 3.63) is 53.3 Å². The molecule has 2 aromatic rings. The number of aryl methyl sites for hydroxylation is 2. The third kappa shape index (κ3) is 4.70. The number of H-pyrrole nitrogens is 1. The maximum absolute atomic E-state index is 11.7. The van der Waals surface area contributed by atoms with E-state index in [2.05, 4.69) is 15.6 Å². The van der Waals surface area contributed by atoms with Crippen LogP contribution in [0.15, 0.2) is 36.5 Å². The zero-order chi connectivity index (χ0) is 16.8. The number of amides is 3. The Hall–Kier alpha value is -3.09. The van der Waals surface area contributed by atoms with Crippen molar-refractivity contribution in [2.75, 3.05) is 11.9 Å². The Morgan fingerprint density at radius 1 is 1.13 bits per heavy atom. The number of esters is 1. The van der Waals surface area contributed by atoms with E-state index in [4.69, 9.17) is 4.74 Å². The Morgan fingerprint density at radius 3 is 2.57 bits per heavy atom. The highest BCUT2D eigenvalue weighted by Gasteiger charge is 2.13. The fourth-order valence-corrected chi connectivity index (χ4v) is 1.81. The first-order valence-electron chi connectivity index (χ1n) is 6.94. The van der Waals surface area contributed by atoms with Crippen molar-refractivity contribution in [3.63, 3.8) is 0 Å². The van der Waals surface area contributed by atoms with Crippen LogP contribution >= 0.6 is 0 Å². The van der Waals surface area contributed by atoms with E-state index in [1.165, 1.54) is 6.07 Å². The Kier molecular flexibility index (Phi) is 5.14. The Bertz CT molecular complexity index is 723. The smallest absolute Gasteiger partial charge is 0.355 e. The molecule has 7 nitrogen and oxygen atoms in total. The summed E-state index contributed by atoms with van der Waals surface area (Å²) in [6.45, 7) is 3.34. The normalized spacial score (nSPS) is 10.0. The first kappa shape index (κ1) is 16.3. The van der Waals surface area contributed by atoms with E-state index < -0.39 is 24.5 Å². The molecule has 1 aromatic heterocycles. The molecule has 3 N–H and O–H groups in total. The van der Waals surface area contributed by atoms with Crippen molar-refractivity contribution in [2.45, 2.75) is 13.8 Å². The molecule has 0 saturated carbocycles. The third-order valence-corrected chi connectivity index (χ3v) is 3.17. The fourth-order valence-electron chi connectivity index (χ4n) is 1.81. The number of urea groups is 1. The summed E-state index contributed by atoms with van der Waals surface area (Å²) in [5.41, 5.74) is 2.93. The molecule has 0 unspecified atom stereocenters. The first-order chi connectivity index (χ1) is 11.0. The molecule has 0 atom stereocenters. The van der Waals surface area contributed by atoms with Crippen molar-refractivity contribution >= 4 is 23.6 Å². The molecule has 0 aliphatic carbocycles. The summed E-state index contributed by atoms with van der Waals surface area (Å²) in [7, 11) is 0. The summed E-state index contributed by atoms with van der Waals surface area (Å²) in [4.78, 5) is 37.5. The molecule has 0 radical (unpaired) electrons. The first-order valence-corrected chi connectivity index (χ1v) is 6.94. The molecule has 0 fully saturated rings. The third-order valence-electron chi connectivity index (χ3n) is 3.17. The predicted octanol–water partition coefficient (Wildman–Crippen LogP) is 2.14. The summed E-state index contributed by atoms with van der Waals surface area (Å²) in [5.74, 6) is -1.38. The largest absolute Gasteiger partial charge is 0.451 e. The van der Waals surface area contributed by atoms with Crippen LogP contribution in [0, 0.1) is 13.8 Å². The van der Waals surface area contributed by atoms with Crippen LogP contribution in [-0.4, -0.2) is 29.5 Å². The standard InChI is InChI=1S/C16H17N3O4/c1-10-5-6-12(8-11(10)2)18-16(22)19-14(20)9-23-15(21)13-4-3-7-17-13/h3-8,17H,9H2,1-2H3,(H2,18,19,20,22). The number of nitrogens with one attached hydrogen (secondary N) is 3. The second-order valence-corrected chi connectivity index (χ2v) is 4.96. The summed E-state index contributed by atoms with van der Waals surface area (Å²) in [5, 5.41) is 4.63. The minimum atomic E-state index is -0.716. The Labute approximate surface area is 133 Å². The van der Waals surface area contributed by atoms with Gasteiger partial charge in [-0.05, 0) is 49.2 Å². The van der Waals surface area contributed by atoms with Crippen LogP contribution in [-0.2, 0) is 9.53 Å². The van der Waals surface area contributed by atoms with Gasteiger partial charge >= 0.3 is 12.0 Å². The van der Waals surface area contributed by atoms with Crippen molar-refractivity contribution in [1.29, 1.82) is 0 Å². The minimum Gasteiger partial charge on any atom is -0.451 e. The number of benzene rings is 1. The van der Waals surface area contributed by atoms with Gasteiger partial charge in [-0.15, -0.1) is 0 Å². The highest BCUT2D eigenvalue weighted by atomic mass is 16.5. The lowest BCUT2D eigenvalue weighted by Gasteiger charge is -2.08. The molecule has 120 valence electrons. The van der Waals surface area contributed by atoms with Gasteiger partial charge in [0.2, 0.25) is 0 Å². The molecule has 2 rings (SSSR count). The maximum atomic E-state index is 11.7. The quantitative estimate of drug-likeness (QED) is 0.752. The van der Waals surface area contributed by atoms with E-state index in [0.29, 0.717) is 5.69 Å². The second kappa shape index (κ2) is 7.26. The van der Waals surface area contributed by atoms with Crippen LogP contribution in [0.4, 0.5) is 10.5 Å². The number of imide groups is 1. The van der Waals surface area contributed by atoms with Gasteiger partial charge in [0.1, 0.15) is 5.69 Å². The molecule has 7 heteroatoms. The van der Waals surface area contributed by atoms with Gasteiger partial charge in [-0.25, -0.2) is 9.59 Å². The van der Waals surface area contributed by atoms with E-state index in [1.807, 2.05) is 19.9 Å². The fraction of sp³-hybridized carbons (Fsp3) is 0.188. The predicted molar refractivity (Wildman–Crippen MR) is 84.2 cm³/mol. The lowest BCUT2D eigenvalue weighted by molar-refractivity contribution is -0.123. The van der Waals surface area contributed by atoms with E-state index in [1.54, 1.807) is 24.4 Å². The zero-order valence-corrected chi connectivity index (χ0v) is 12.8. The average Bonchev–Trinajstić information content (AvgIpc) is 3.03. The lowest BCUT2D eigenvalue weighted by atomic mass is 10.1. The van der Waals surface area contributed by atoms with Gasteiger partial charge < -0.3 is 15.0 Å². The Balaban J connectivity index is 1.79. The van der Waals surface area contributed by atoms with Crippen molar-refractivity contribution in [1.82, 2.24) is 10.3 Å².